The van der Waals surface area contributed by atoms with Crippen molar-refractivity contribution < 1.29 is 0 Å². The predicted molar refractivity (Wildman–Crippen MR) is 187 cm³/mol. The highest BCUT2D eigenvalue weighted by atomic mass is 15.1. The van der Waals surface area contributed by atoms with Crippen LogP contribution in [0, 0.1) is 0 Å². The number of hydrogen-bond acceptors (Lipinski definition) is 3. The molecule has 4 aromatic heterocycles. The molecule has 0 N–H and O–H groups in total. The predicted octanol–water partition coefficient (Wildman–Crippen LogP) is 9.91. The Labute approximate surface area is 265 Å². The van der Waals surface area contributed by atoms with Crippen molar-refractivity contribution >= 4 is 32.8 Å². The first-order chi connectivity index (χ1) is 22.8. The molecule has 5 aromatic carbocycles. The molecule has 0 unspecified atom stereocenters. The zero-order valence-corrected chi connectivity index (χ0v) is 24.8. The number of para-hydroxylation sites is 2. The van der Waals surface area contributed by atoms with Gasteiger partial charge in [0.05, 0.1) is 22.1 Å². The summed E-state index contributed by atoms with van der Waals surface area (Å²) >= 11 is 0. The Balaban J connectivity index is 1.48. The monoisotopic (exact) mass is 589 g/mol. The molecular weight excluding hydrogens is 562 g/mol. The van der Waals surface area contributed by atoms with E-state index >= 15 is 0 Å². The van der Waals surface area contributed by atoms with Crippen LogP contribution >= 0.6 is 0 Å². The largest absolute Gasteiger partial charge is 0.309 e. The normalized spacial score (nSPS) is 11.5. The Hall–Kier alpha value is -6.33. The van der Waals surface area contributed by atoms with E-state index in [2.05, 4.69) is 129 Å². The fourth-order valence-corrected chi connectivity index (χ4v) is 6.66. The average molecular weight is 590 g/mol. The molecule has 46 heavy (non-hydrogen) atoms. The van der Waals surface area contributed by atoms with E-state index in [0.717, 1.165) is 66.9 Å². The molecule has 0 fully saturated rings. The summed E-state index contributed by atoms with van der Waals surface area (Å²) in [6.07, 6.45) is 5.46. The molecule has 0 saturated carbocycles. The first-order valence-electron chi connectivity index (χ1n) is 15.4. The van der Waals surface area contributed by atoms with E-state index in [1.165, 1.54) is 11.1 Å². The number of rotatable bonds is 5. The molecule has 0 radical (unpaired) electrons. The molecule has 0 atom stereocenters. The van der Waals surface area contributed by atoms with Crippen LogP contribution in [0.25, 0.3) is 78.0 Å². The lowest BCUT2D eigenvalue weighted by atomic mass is 9.96. The number of pyridine rings is 2. The van der Waals surface area contributed by atoms with Crippen LogP contribution in [0.15, 0.2) is 164 Å². The third-order valence-electron chi connectivity index (χ3n) is 8.67. The summed E-state index contributed by atoms with van der Waals surface area (Å²) in [6, 6.07) is 51.0. The van der Waals surface area contributed by atoms with Crippen LogP contribution in [0.2, 0.25) is 0 Å². The van der Waals surface area contributed by atoms with Gasteiger partial charge in [0.1, 0.15) is 11.6 Å². The van der Waals surface area contributed by atoms with Gasteiger partial charge in [-0.05, 0) is 71.3 Å². The van der Waals surface area contributed by atoms with E-state index in [0.29, 0.717) is 0 Å². The van der Waals surface area contributed by atoms with E-state index in [-0.39, 0.29) is 0 Å². The Morgan fingerprint density at radius 1 is 0.478 bits per heavy atom. The van der Waals surface area contributed by atoms with E-state index in [9.17, 15) is 0 Å². The highest BCUT2D eigenvalue weighted by molar-refractivity contribution is 6.24. The van der Waals surface area contributed by atoms with Crippen LogP contribution in [0.1, 0.15) is 0 Å². The van der Waals surface area contributed by atoms with Crippen molar-refractivity contribution in [3.8, 4) is 45.1 Å². The summed E-state index contributed by atoms with van der Waals surface area (Å²) in [5, 5.41) is 2.27. The number of imidazole rings is 1. The molecule has 5 heteroatoms. The van der Waals surface area contributed by atoms with Crippen molar-refractivity contribution in [2.45, 2.75) is 0 Å². The molecule has 0 saturated heterocycles. The summed E-state index contributed by atoms with van der Waals surface area (Å²) in [5.74, 6) is 1.64. The standard InChI is InChI=1S/C41H27N5/c1-3-12-28(13-4-1)30-14-11-15-31(26-30)34-27-36-39(44-41(29-21-24-42-25-22-29)46(36)37-20-9-10-23-43-37)38-33-18-7-8-19-35(33)45(40(34)38)32-16-5-2-6-17-32/h1-27H. The molecular formula is C41H27N5. The lowest BCUT2D eigenvalue weighted by Gasteiger charge is -2.14. The van der Waals surface area contributed by atoms with E-state index in [1.54, 1.807) is 0 Å². The van der Waals surface area contributed by atoms with Gasteiger partial charge in [-0.25, -0.2) is 9.97 Å². The summed E-state index contributed by atoms with van der Waals surface area (Å²) in [7, 11) is 0. The van der Waals surface area contributed by atoms with E-state index < -0.39 is 0 Å². The molecule has 0 aliphatic rings. The molecule has 0 bridgehead atoms. The SMILES string of the molecule is c1ccc(-c2cccc(-c3cc4c(nc(-c5ccncc5)n4-c4ccccn4)c4c5ccccc5n(-c5ccccc5)c34)c2)cc1. The van der Waals surface area contributed by atoms with Gasteiger partial charge in [0.25, 0.3) is 0 Å². The second-order valence-corrected chi connectivity index (χ2v) is 11.3. The van der Waals surface area contributed by atoms with Gasteiger partial charge in [0.2, 0.25) is 0 Å². The van der Waals surface area contributed by atoms with Gasteiger partial charge in [0, 0.05) is 46.2 Å². The summed E-state index contributed by atoms with van der Waals surface area (Å²) in [6.45, 7) is 0. The average Bonchev–Trinajstić information content (AvgIpc) is 3.69. The minimum absolute atomic E-state index is 0.812. The van der Waals surface area contributed by atoms with E-state index in [4.69, 9.17) is 9.97 Å². The van der Waals surface area contributed by atoms with Crippen LogP contribution in [0.4, 0.5) is 0 Å². The third-order valence-corrected chi connectivity index (χ3v) is 8.67. The topological polar surface area (TPSA) is 48.5 Å². The quantitative estimate of drug-likeness (QED) is 0.201. The van der Waals surface area contributed by atoms with Gasteiger partial charge in [-0.15, -0.1) is 0 Å². The van der Waals surface area contributed by atoms with Crippen LogP contribution in [0.3, 0.4) is 0 Å². The first kappa shape index (κ1) is 26.1. The van der Waals surface area contributed by atoms with Crippen LogP contribution in [-0.2, 0) is 0 Å². The Morgan fingerprint density at radius 2 is 1.20 bits per heavy atom. The fourth-order valence-electron chi connectivity index (χ4n) is 6.66. The van der Waals surface area contributed by atoms with Crippen molar-refractivity contribution in [3.05, 3.63) is 164 Å². The van der Waals surface area contributed by atoms with Gasteiger partial charge in [-0.1, -0.05) is 91.0 Å². The number of benzene rings is 5. The first-order valence-corrected chi connectivity index (χ1v) is 15.4. The smallest absolute Gasteiger partial charge is 0.147 e. The molecule has 0 aliphatic heterocycles. The lowest BCUT2D eigenvalue weighted by molar-refractivity contribution is 1.03. The fraction of sp³-hybridized carbons (Fsp3) is 0. The van der Waals surface area contributed by atoms with Crippen LogP contribution < -0.4 is 0 Å². The maximum atomic E-state index is 5.43. The van der Waals surface area contributed by atoms with Crippen molar-refractivity contribution in [1.82, 2.24) is 24.1 Å². The minimum Gasteiger partial charge on any atom is -0.309 e. The number of fused-ring (bicyclic) bond motifs is 5. The molecule has 4 heterocycles. The number of aromatic nitrogens is 5. The maximum Gasteiger partial charge on any atom is 0.147 e. The summed E-state index contributed by atoms with van der Waals surface area (Å²) in [4.78, 5) is 14.5. The summed E-state index contributed by atoms with van der Waals surface area (Å²) < 4.78 is 4.57. The highest BCUT2D eigenvalue weighted by Crippen LogP contribution is 2.44. The molecule has 0 amide bonds. The van der Waals surface area contributed by atoms with Crippen molar-refractivity contribution in [2.24, 2.45) is 0 Å². The van der Waals surface area contributed by atoms with Gasteiger partial charge in [-0.2, -0.15) is 0 Å². The Morgan fingerprint density at radius 3 is 2.00 bits per heavy atom. The second-order valence-electron chi connectivity index (χ2n) is 11.3. The van der Waals surface area contributed by atoms with Crippen LogP contribution in [-0.4, -0.2) is 24.1 Å². The zero-order valence-electron chi connectivity index (χ0n) is 24.8. The Kier molecular flexibility index (Phi) is 6.06. The molecule has 9 aromatic rings. The maximum absolute atomic E-state index is 5.43. The zero-order chi connectivity index (χ0) is 30.5. The van der Waals surface area contributed by atoms with Gasteiger partial charge >= 0.3 is 0 Å². The van der Waals surface area contributed by atoms with E-state index in [1.807, 2.05) is 48.9 Å². The molecule has 9 rings (SSSR count). The molecule has 5 nitrogen and oxygen atoms in total. The lowest BCUT2D eigenvalue weighted by Crippen LogP contribution is -2.00. The van der Waals surface area contributed by atoms with Crippen molar-refractivity contribution in [2.75, 3.05) is 0 Å². The number of nitrogens with zero attached hydrogens (tertiary/aromatic N) is 5. The van der Waals surface area contributed by atoms with Gasteiger partial charge in [0.15, 0.2) is 0 Å². The Bertz CT molecular complexity index is 2500. The third kappa shape index (κ3) is 4.14. The number of hydrogen-bond donors (Lipinski definition) is 0. The second kappa shape index (κ2) is 10.7. The minimum atomic E-state index is 0.812. The van der Waals surface area contributed by atoms with Gasteiger partial charge in [-0.3, -0.25) is 9.55 Å². The summed E-state index contributed by atoms with van der Waals surface area (Å²) in [5.41, 5.74) is 10.9. The van der Waals surface area contributed by atoms with Crippen molar-refractivity contribution in [3.63, 3.8) is 0 Å². The van der Waals surface area contributed by atoms with Gasteiger partial charge < -0.3 is 4.57 Å². The molecule has 0 aliphatic carbocycles. The molecule has 216 valence electrons. The van der Waals surface area contributed by atoms with Crippen LogP contribution in [0.5, 0.6) is 0 Å². The molecule has 0 spiro atoms. The highest BCUT2D eigenvalue weighted by Gasteiger charge is 2.25. The van der Waals surface area contributed by atoms with Crippen molar-refractivity contribution in [1.29, 1.82) is 0 Å².